The topological polar surface area (TPSA) is 76.3 Å². The van der Waals surface area contributed by atoms with Crippen LogP contribution in [0.5, 0.6) is 0 Å². The van der Waals surface area contributed by atoms with Gasteiger partial charge >= 0.3 is 0 Å². The van der Waals surface area contributed by atoms with Crippen molar-refractivity contribution in [3.63, 3.8) is 0 Å². The Bertz CT molecular complexity index is 1240. The molecular weight excluding hydrogens is 390 g/mol. The number of anilines is 2. The first-order chi connectivity index (χ1) is 14.9. The van der Waals surface area contributed by atoms with Crippen molar-refractivity contribution in [2.45, 2.75) is 20.8 Å². The van der Waals surface area contributed by atoms with E-state index in [1.165, 1.54) is 6.26 Å². The molecule has 156 valence electrons. The molecule has 0 saturated heterocycles. The fourth-order valence-corrected chi connectivity index (χ4v) is 3.59. The molecule has 0 bridgehead atoms. The molecule has 0 fully saturated rings. The summed E-state index contributed by atoms with van der Waals surface area (Å²) in [6.07, 6.45) is 1.45. The fraction of sp³-hybridized carbons (Fsp3) is 0.120. The van der Waals surface area contributed by atoms with Crippen molar-refractivity contribution in [1.29, 1.82) is 0 Å². The molecule has 0 radical (unpaired) electrons. The summed E-state index contributed by atoms with van der Waals surface area (Å²) in [5.74, 6) is -0.272. The Labute approximate surface area is 180 Å². The molecule has 31 heavy (non-hydrogen) atoms. The van der Waals surface area contributed by atoms with E-state index in [9.17, 15) is 9.59 Å². The standard InChI is InChI=1S/C25H23N3O3/c1-16-6-4-7-21(14-16)28-17(2)15-22(18(28)3)24(29)26-19-9-11-20(12-10-19)27-25(30)23-8-5-13-31-23/h4-15H,1-3H3,(H,26,29)(H,27,30). The van der Waals surface area contributed by atoms with Gasteiger partial charge in [0.25, 0.3) is 11.8 Å². The van der Waals surface area contributed by atoms with E-state index in [0.29, 0.717) is 16.9 Å². The first-order valence-corrected chi connectivity index (χ1v) is 9.94. The second-order valence-corrected chi connectivity index (χ2v) is 7.42. The molecule has 0 saturated carbocycles. The molecule has 2 amide bonds. The minimum atomic E-state index is -0.328. The summed E-state index contributed by atoms with van der Waals surface area (Å²) < 4.78 is 7.16. The van der Waals surface area contributed by atoms with E-state index in [1.54, 1.807) is 36.4 Å². The number of furan rings is 1. The fourth-order valence-electron chi connectivity index (χ4n) is 3.59. The summed E-state index contributed by atoms with van der Waals surface area (Å²) in [5.41, 5.74) is 5.93. The molecule has 0 aliphatic rings. The Hall–Kier alpha value is -4.06. The van der Waals surface area contributed by atoms with Crippen molar-refractivity contribution in [2.24, 2.45) is 0 Å². The van der Waals surface area contributed by atoms with Gasteiger partial charge in [-0.3, -0.25) is 9.59 Å². The summed E-state index contributed by atoms with van der Waals surface area (Å²) >= 11 is 0. The zero-order valence-electron chi connectivity index (χ0n) is 17.6. The molecule has 0 aliphatic heterocycles. The number of carbonyl (C=O) groups excluding carboxylic acids is 2. The van der Waals surface area contributed by atoms with Crippen LogP contribution in [0.15, 0.2) is 77.4 Å². The Balaban J connectivity index is 1.48. The van der Waals surface area contributed by atoms with E-state index in [4.69, 9.17) is 4.42 Å². The first kappa shape index (κ1) is 20.2. The third kappa shape index (κ3) is 4.28. The number of aromatic nitrogens is 1. The van der Waals surface area contributed by atoms with Crippen LogP contribution in [0.1, 0.15) is 37.9 Å². The van der Waals surface area contributed by atoms with Crippen LogP contribution < -0.4 is 10.6 Å². The van der Waals surface area contributed by atoms with Crippen molar-refractivity contribution in [2.75, 3.05) is 10.6 Å². The third-order valence-corrected chi connectivity index (χ3v) is 5.08. The largest absolute Gasteiger partial charge is 0.459 e. The summed E-state index contributed by atoms with van der Waals surface area (Å²) in [5, 5.41) is 5.68. The molecule has 2 N–H and O–H groups in total. The summed E-state index contributed by atoms with van der Waals surface area (Å²) in [4.78, 5) is 25.0. The summed E-state index contributed by atoms with van der Waals surface area (Å²) in [6, 6.07) is 20.3. The SMILES string of the molecule is Cc1cccc(-n2c(C)cc(C(=O)Nc3ccc(NC(=O)c4ccco4)cc3)c2C)c1. The molecular formula is C25H23N3O3. The maximum atomic E-state index is 12.9. The van der Waals surface area contributed by atoms with Crippen LogP contribution in [0.25, 0.3) is 5.69 Å². The van der Waals surface area contributed by atoms with Crippen molar-refractivity contribution in [3.05, 3.63) is 101 Å². The molecule has 6 heteroatoms. The first-order valence-electron chi connectivity index (χ1n) is 9.94. The number of hydrogen-bond acceptors (Lipinski definition) is 3. The van der Waals surface area contributed by atoms with Crippen LogP contribution in [0, 0.1) is 20.8 Å². The van der Waals surface area contributed by atoms with E-state index >= 15 is 0 Å². The van der Waals surface area contributed by atoms with Gasteiger partial charge in [-0.15, -0.1) is 0 Å². The highest BCUT2D eigenvalue weighted by Crippen LogP contribution is 2.23. The van der Waals surface area contributed by atoms with Crippen LogP contribution in [-0.2, 0) is 0 Å². The highest BCUT2D eigenvalue weighted by molar-refractivity contribution is 6.06. The lowest BCUT2D eigenvalue weighted by Crippen LogP contribution is -2.13. The zero-order chi connectivity index (χ0) is 22.0. The van der Waals surface area contributed by atoms with Gasteiger partial charge in [0.2, 0.25) is 0 Å². The Kier molecular flexibility index (Phi) is 5.45. The quantitative estimate of drug-likeness (QED) is 0.454. The lowest BCUT2D eigenvalue weighted by Gasteiger charge is -2.11. The lowest BCUT2D eigenvalue weighted by molar-refractivity contribution is 0.0994. The normalized spacial score (nSPS) is 10.7. The Morgan fingerprint density at radius 2 is 1.48 bits per heavy atom. The van der Waals surface area contributed by atoms with Crippen molar-refractivity contribution in [1.82, 2.24) is 4.57 Å². The number of benzene rings is 2. The number of carbonyl (C=O) groups is 2. The minimum absolute atomic E-state index is 0.181. The van der Waals surface area contributed by atoms with Crippen LogP contribution in [0.4, 0.5) is 11.4 Å². The van der Waals surface area contributed by atoms with E-state index in [-0.39, 0.29) is 17.6 Å². The van der Waals surface area contributed by atoms with Crippen LogP contribution in [0.3, 0.4) is 0 Å². The van der Waals surface area contributed by atoms with E-state index in [2.05, 4.69) is 21.3 Å². The van der Waals surface area contributed by atoms with Crippen LogP contribution >= 0.6 is 0 Å². The van der Waals surface area contributed by atoms with E-state index < -0.39 is 0 Å². The second-order valence-electron chi connectivity index (χ2n) is 7.42. The zero-order valence-corrected chi connectivity index (χ0v) is 17.6. The molecule has 0 aliphatic carbocycles. The number of rotatable bonds is 5. The molecule has 4 aromatic rings. The maximum absolute atomic E-state index is 12.9. The van der Waals surface area contributed by atoms with Crippen molar-refractivity contribution < 1.29 is 14.0 Å². The lowest BCUT2D eigenvalue weighted by atomic mass is 10.2. The molecule has 0 atom stereocenters. The van der Waals surface area contributed by atoms with Crippen LogP contribution in [0.2, 0.25) is 0 Å². The minimum Gasteiger partial charge on any atom is -0.459 e. The van der Waals surface area contributed by atoms with Gasteiger partial charge in [0.15, 0.2) is 5.76 Å². The van der Waals surface area contributed by atoms with Gasteiger partial charge in [0, 0.05) is 28.5 Å². The van der Waals surface area contributed by atoms with Crippen molar-refractivity contribution in [3.8, 4) is 5.69 Å². The highest BCUT2D eigenvalue weighted by atomic mass is 16.3. The van der Waals surface area contributed by atoms with Gasteiger partial charge in [-0.2, -0.15) is 0 Å². The van der Waals surface area contributed by atoms with Gasteiger partial charge in [0.1, 0.15) is 0 Å². The maximum Gasteiger partial charge on any atom is 0.291 e. The Morgan fingerprint density at radius 1 is 0.806 bits per heavy atom. The van der Waals surface area contributed by atoms with Gasteiger partial charge in [0.05, 0.1) is 11.8 Å². The van der Waals surface area contributed by atoms with Gasteiger partial charge in [-0.1, -0.05) is 12.1 Å². The van der Waals surface area contributed by atoms with Crippen LogP contribution in [-0.4, -0.2) is 16.4 Å². The molecule has 4 rings (SSSR count). The number of nitrogens with zero attached hydrogens (tertiary/aromatic N) is 1. The van der Waals surface area contributed by atoms with Gasteiger partial charge in [-0.05, 0) is 80.9 Å². The molecule has 6 nitrogen and oxygen atoms in total. The molecule has 0 unspecified atom stereocenters. The second kappa shape index (κ2) is 8.36. The summed E-state index contributed by atoms with van der Waals surface area (Å²) in [6.45, 7) is 5.98. The Morgan fingerprint density at radius 3 is 2.10 bits per heavy atom. The number of amides is 2. The van der Waals surface area contributed by atoms with Gasteiger partial charge < -0.3 is 19.6 Å². The average Bonchev–Trinajstić information content (AvgIpc) is 3.38. The average molecular weight is 413 g/mol. The highest BCUT2D eigenvalue weighted by Gasteiger charge is 2.17. The molecule has 2 aromatic carbocycles. The van der Waals surface area contributed by atoms with Gasteiger partial charge in [-0.25, -0.2) is 0 Å². The predicted molar refractivity (Wildman–Crippen MR) is 121 cm³/mol. The number of nitrogens with one attached hydrogen (secondary N) is 2. The van der Waals surface area contributed by atoms with E-state index in [1.807, 2.05) is 45.0 Å². The summed E-state index contributed by atoms with van der Waals surface area (Å²) in [7, 11) is 0. The smallest absolute Gasteiger partial charge is 0.291 e. The van der Waals surface area contributed by atoms with Crippen molar-refractivity contribution >= 4 is 23.2 Å². The predicted octanol–water partition coefficient (Wildman–Crippen LogP) is 5.50. The molecule has 2 aromatic heterocycles. The third-order valence-electron chi connectivity index (χ3n) is 5.08. The number of aryl methyl sites for hydroxylation is 2. The monoisotopic (exact) mass is 413 g/mol. The number of hydrogen-bond donors (Lipinski definition) is 2. The molecule has 0 spiro atoms. The molecule has 2 heterocycles. The van der Waals surface area contributed by atoms with E-state index in [0.717, 1.165) is 22.6 Å².